The van der Waals surface area contributed by atoms with Crippen molar-refractivity contribution in [2.75, 3.05) is 0 Å². The third kappa shape index (κ3) is 2.09. The van der Waals surface area contributed by atoms with Gasteiger partial charge < -0.3 is 0 Å². The summed E-state index contributed by atoms with van der Waals surface area (Å²) < 4.78 is 0. The van der Waals surface area contributed by atoms with E-state index in [9.17, 15) is 4.79 Å². The van der Waals surface area contributed by atoms with Crippen molar-refractivity contribution in [1.29, 1.82) is 0 Å². The van der Waals surface area contributed by atoms with Gasteiger partial charge in [0.05, 0.1) is 0 Å². The molecule has 0 aromatic rings. The predicted molar refractivity (Wildman–Crippen MR) is 51.0 cm³/mol. The van der Waals surface area contributed by atoms with Crippen LogP contribution in [-0.2, 0) is 4.79 Å². The number of hydrogen-bond acceptors (Lipinski definition) is 1. The number of ketones is 1. The van der Waals surface area contributed by atoms with Gasteiger partial charge in [0.15, 0.2) is 0 Å². The van der Waals surface area contributed by atoms with E-state index in [2.05, 4.69) is 27.7 Å². The number of carbonyl (C=O) groups is 1. The highest BCUT2D eigenvalue weighted by atomic mass is 16.1. The summed E-state index contributed by atoms with van der Waals surface area (Å²) in [6, 6.07) is 0. The van der Waals surface area contributed by atoms with Crippen molar-refractivity contribution in [2.24, 2.45) is 17.3 Å². The first kappa shape index (κ1) is 9.76. The van der Waals surface area contributed by atoms with Crippen LogP contribution in [0.5, 0.6) is 0 Å². The van der Waals surface area contributed by atoms with E-state index in [1.165, 1.54) is 0 Å². The van der Waals surface area contributed by atoms with Crippen LogP contribution in [0.1, 0.15) is 47.0 Å². The van der Waals surface area contributed by atoms with Gasteiger partial charge >= 0.3 is 0 Å². The average molecular weight is 168 g/mol. The highest BCUT2D eigenvalue weighted by Gasteiger charge is 2.34. The maximum absolute atomic E-state index is 11.5. The molecule has 1 heteroatoms. The summed E-state index contributed by atoms with van der Waals surface area (Å²) in [7, 11) is 0. The highest BCUT2D eigenvalue weighted by molar-refractivity contribution is 5.82. The van der Waals surface area contributed by atoms with Crippen molar-refractivity contribution in [1.82, 2.24) is 0 Å². The monoisotopic (exact) mass is 168 g/mol. The molecule has 1 saturated carbocycles. The zero-order chi connectivity index (χ0) is 9.35. The molecule has 0 heterocycles. The first-order valence-electron chi connectivity index (χ1n) is 4.95. The molecular formula is C11H20O. The Morgan fingerprint density at radius 3 is 2.42 bits per heavy atom. The summed E-state index contributed by atoms with van der Waals surface area (Å²) in [5.41, 5.74) is 0.392. The van der Waals surface area contributed by atoms with Crippen LogP contribution >= 0.6 is 0 Å². The molecular weight excluding hydrogens is 148 g/mol. The van der Waals surface area contributed by atoms with Crippen LogP contribution in [0.3, 0.4) is 0 Å². The molecule has 1 aliphatic carbocycles. The Hall–Kier alpha value is -0.330. The molecule has 70 valence electrons. The van der Waals surface area contributed by atoms with Crippen LogP contribution in [0.4, 0.5) is 0 Å². The first-order valence-corrected chi connectivity index (χ1v) is 4.95. The van der Waals surface area contributed by atoms with Gasteiger partial charge in [-0.3, -0.25) is 4.79 Å². The summed E-state index contributed by atoms with van der Waals surface area (Å²) in [5, 5.41) is 0. The molecule has 1 fully saturated rings. The molecule has 12 heavy (non-hydrogen) atoms. The lowest BCUT2D eigenvalue weighted by molar-refractivity contribution is -0.128. The Labute approximate surface area is 75.5 Å². The standard InChI is InChI=1S/C11H20O/c1-8(2)9-7-11(3,4)6-5-10(9)12/h8-9H,5-7H2,1-4H3. The smallest absolute Gasteiger partial charge is 0.136 e. The van der Waals surface area contributed by atoms with Crippen molar-refractivity contribution in [3.8, 4) is 0 Å². The van der Waals surface area contributed by atoms with Crippen molar-refractivity contribution in [3.63, 3.8) is 0 Å². The van der Waals surface area contributed by atoms with Gasteiger partial charge in [-0.1, -0.05) is 27.7 Å². The predicted octanol–water partition coefficient (Wildman–Crippen LogP) is 3.04. The lowest BCUT2D eigenvalue weighted by Gasteiger charge is -2.36. The molecule has 1 nitrogen and oxygen atoms in total. The molecule has 0 radical (unpaired) electrons. The highest BCUT2D eigenvalue weighted by Crippen LogP contribution is 2.39. The van der Waals surface area contributed by atoms with Gasteiger partial charge in [0.1, 0.15) is 5.78 Å². The fourth-order valence-electron chi connectivity index (χ4n) is 2.07. The zero-order valence-electron chi connectivity index (χ0n) is 8.68. The fourth-order valence-corrected chi connectivity index (χ4v) is 2.07. The normalized spacial score (nSPS) is 29.4. The Morgan fingerprint density at radius 2 is 2.00 bits per heavy atom. The molecule has 1 unspecified atom stereocenters. The van der Waals surface area contributed by atoms with Crippen molar-refractivity contribution in [3.05, 3.63) is 0 Å². The Morgan fingerprint density at radius 1 is 1.42 bits per heavy atom. The first-order chi connectivity index (χ1) is 5.42. The molecule has 0 saturated heterocycles. The van der Waals surface area contributed by atoms with E-state index in [1.807, 2.05) is 0 Å². The maximum atomic E-state index is 11.5. The van der Waals surface area contributed by atoms with Crippen LogP contribution in [0.25, 0.3) is 0 Å². The van der Waals surface area contributed by atoms with Crippen LogP contribution in [0, 0.1) is 17.3 Å². The molecule has 0 spiro atoms. The van der Waals surface area contributed by atoms with E-state index >= 15 is 0 Å². The second-order valence-corrected chi connectivity index (χ2v) is 5.19. The van der Waals surface area contributed by atoms with Crippen LogP contribution in [0.2, 0.25) is 0 Å². The molecule has 0 aromatic carbocycles. The lowest BCUT2D eigenvalue weighted by Crippen LogP contribution is -2.32. The van der Waals surface area contributed by atoms with E-state index in [0.29, 0.717) is 23.0 Å². The summed E-state index contributed by atoms with van der Waals surface area (Å²) in [6.07, 6.45) is 2.97. The van der Waals surface area contributed by atoms with Gasteiger partial charge in [0.2, 0.25) is 0 Å². The molecule has 1 aliphatic rings. The largest absolute Gasteiger partial charge is 0.299 e. The van der Waals surface area contributed by atoms with Crippen LogP contribution in [0.15, 0.2) is 0 Å². The number of hydrogen-bond donors (Lipinski definition) is 0. The minimum absolute atomic E-state index is 0.328. The summed E-state index contributed by atoms with van der Waals surface area (Å²) in [4.78, 5) is 11.5. The summed E-state index contributed by atoms with van der Waals surface area (Å²) in [5.74, 6) is 1.34. The molecule has 0 N–H and O–H groups in total. The van der Waals surface area contributed by atoms with Crippen LogP contribution < -0.4 is 0 Å². The van der Waals surface area contributed by atoms with Gasteiger partial charge in [-0.25, -0.2) is 0 Å². The number of carbonyl (C=O) groups excluding carboxylic acids is 1. The van der Waals surface area contributed by atoms with Gasteiger partial charge in [-0.05, 0) is 24.2 Å². The SMILES string of the molecule is CC(C)C1CC(C)(C)CCC1=O. The molecule has 1 rings (SSSR count). The van der Waals surface area contributed by atoms with Crippen molar-refractivity contribution >= 4 is 5.78 Å². The third-order valence-corrected chi connectivity index (χ3v) is 3.04. The van der Waals surface area contributed by atoms with Gasteiger partial charge in [-0.15, -0.1) is 0 Å². The summed E-state index contributed by atoms with van der Waals surface area (Å²) in [6.45, 7) is 8.86. The molecule has 1 atom stereocenters. The third-order valence-electron chi connectivity index (χ3n) is 3.04. The quantitative estimate of drug-likeness (QED) is 0.588. The second kappa shape index (κ2) is 3.20. The Balaban J connectivity index is 2.66. The molecule has 0 bridgehead atoms. The van der Waals surface area contributed by atoms with E-state index in [1.54, 1.807) is 0 Å². The molecule has 0 aliphatic heterocycles. The Kier molecular flexibility index (Phi) is 2.60. The zero-order valence-corrected chi connectivity index (χ0v) is 8.68. The maximum Gasteiger partial charge on any atom is 0.136 e. The van der Waals surface area contributed by atoms with E-state index in [4.69, 9.17) is 0 Å². The van der Waals surface area contributed by atoms with E-state index in [-0.39, 0.29) is 0 Å². The summed E-state index contributed by atoms with van der Waals surface area (Å²) >= 11 is 0. The van der Waals surface area contributed by atoms with Crippen molar-refractivity contribution < 1.29 is 4.79 Å². The molecule has 0 amide bonds. The average Bonchev–Trinajstić information content (AvgIpc) is 1.94. The van der Waals surface area contributed by atoms with Gasteiger partial charge in [-0.2, -0.15) is 0 Å². The molecule has 0 aromatic heterocycles. The second-order valence-electron chi connectivity index (χ2n) is 5.19. The van der Waals surface area contributed by atoms with Gasteiger partial charge in [0, 0.05) is 12.3 Å². The minimum Gasteiger partial charge on any atom is -0.299 e. The fraction of sp³-hybridized carbons (Fsp3) is 0.909. The van der Waals surface area contributed by atoms with E-state index in [0.717, 1.165) is 19.3 Å². The number of Topliss-reactive ketones (excluding diaryl/α,β-unsaturated/α-hetero) is 1. The van der Waals surface area contributed by atoms with Crippen molar-refractivity contribution in [2.45, 2.75) is 47.0 Å². The van der Waals surface area contributed by atoms with E-state index < -0.39 is 0 Å². The lowest BCUT2D eigenvalue weighted by atomic mass is 9.68. The van der Waals surface area contributed by atoms with Gasteiger partial charge in [0.25, 0.3) is 0 Å². The number of rotatable bonds is 1. The Bertz CT molecular complexity index is 179. The van der Waals surface area contributed by atoms with Crippen LogP contribution in [-0.4, -0.2) is 5.78 Å². The topological polar surface area (TPSA) is 17.1 Å². The minimum atomic E-state index is 0.328.